The van der Waals surface area contributed by atoms with E-state index in [-0.39, 0.29) is 12.1 Å². The maximum absolute atomic E-state index is 11.6. The first-order valence-corrected chi connectivity index (χ1v) is 6.27. The predicted octanol–water partition coefficient (Wildman–Crippen LogP) is 1.01. The summed E-state index contributed by atoms with van der Waals surface area (Å²) in [6.07, 6.45) is 2.35. The first-order chi connectivity index (χ1) is 7.63. The number of esters is 1. The molecule has 1 N–H and O–H groups in total. The zero-order chi connectivity index (χ0) is 12.0. The lowest BCUT2D eigenvalue weighted by Crippen LogP contribution is -2.48. The SMILES string of the molecule is CCN(CC(=O)OC(C)C)C1CCCNC1. The van der Waals surface area contributed by atoms with Gasteiger partial charge in [-0.1, -0.05) is 6.92 Å². The van der Waals surface area contributed by atoms with Gasteiger partial charge >= 0.3 is 5.97 Å². The third-order valence-corrected chi connectivity index (χ3v) is 2.89. The summed E-state index contributed by atoms with van der Waals surface area (Å²) < 4.78 is 5.17. The molecule has 0 saturated carbocycles. The molecule has 1 fully saturated rings. The van der Waals surface area contributed by atoms with Crippen molar-refractivity contribution in [2.24, 2.45) is 0 Å². The number of hydrogen-bond acceptors (Lipinski definition) is 4. The molecule has 4 heteroatoms. The van der Waals surface area contributed by atoms with Crippen molar-refractivity contribution >= 4 is 5.97 Å². The third-order valence-electron chi connectivity index (χ3n) is 2.89. The molecule has 1 saturated heterocycles. The summed E-state index contributed by atoms with van der Waals surface area (Å²) in [4.78, 5) is 13.8. The van der Waals surface area contributed by atoms with Crippen LogP contribution in [0.15, 0.2) is 0 Å². The fourth-order valence-electron chi connectivity index (χ4n) is 2.11. The van der Waals surface area contributed by atoms with Crippen LogP contribution < -0.4 is 5.32 Å². The van der Waals surface area contributed by atoms with Crippen molar-refractivity contribution in [1.82, 2.24) is 10.2 Å². The highest BCUT2D eigenvalue weighted by atomic mass is 16.5. The maximum Gasteiger partial charge on any atom is 0.320 e. The van der Waals surface area contributed by atoms with E-state index in [0.717, 1.165) is 19.6 Å². The molecule has 0 amide bonds. The predicted molar refractivity (Wildman–Crippen MR) is 64.4 cm³/mol. The molecule has 1 aliphatic heterocycles. The van der Waals surface area contributed by atoms with Gasteiger partial charge in [0.1, 0.15) is 0 Å². The van der Waals surface area contributed by atoms with Crippen molar-refractivity contribution < 1.29 is 9.53 Å². The number of nitrogens with zero attached hydrogens (tertiary/aromatic N) is 1. The number of hydrogen-bond donors (Lipinski definition) is 1. The smallest absolute Gasteiger partial charge is 0.320 e. The Kier molecular flexibility index (Phi) is 5.77. The standard InChI is InChI=1S/C12H24N2O2/c1-4-14(9-12(15)16-10(2)3)11-6-5-7-13-8-11/h10-11,13H,4-9H2,1-3H3. The van der Waals surface area contributed by atoms with E-state index in [1.165, 1.54) is 12.8 Å². The van der Waals surface area contributed by atoms with Crippen LogP contribution in [-0.2, 0) is 9.53 Å². The second-order valence-corrected chi connectivity index (χ2v) is 4.60. The first-order valence-electron chi connectivity index (χ1n) is 6.27. The molecule has 1 rings (SSSR count). The average Bonchev–Trinajstić information content (AvgIpc) is 2.26. The summed E-state index contributed by atoms with van der Waals surface area (Å²) in [6.45, 7) is 9.28. The molecule has 16 heavy (non-hydrogen) atoms. The minimum atomic E-state index is -0.109. The van der Waals surface area contributed by atoms with Crippen LogP contribution in [0.25, 0.3) is 0 Å². The summed E-state index contributed by atoms with van der Waals surface area (Å²) in [6, 6.07) is 0.485. The van der Waals surface area contributed by atoms with E-state index in [1.54, 1.807) is 0 Å². The van der Waals surface area contributed by atoms with Crippen molar-refractivity contribution in [3.8, 4) is 0 Å². The lowest BCUT2D eigenvalue weighted by molar-refractivity contribution is -0.149. The highest BCUT2D eigenvalue weighted by Crippen LogP contribution is 2.10. The normalized spacial score (nSPS) is 21.4. The van der Waals surface area contributed by atoms with Gasteiger partial charge in [0, 0.05) is 12.6 Å². The molecular formula is C12H24N2O2. The maximum atomic E-state index is 11.6. The molecule has 0 aliphatic carbocycles. The van der Waals surface area contributed by atoms with Crippen molar-refractivity contribution in [1.29, 1.82) is 0 Å². The van der Waals surface area contributed by atoms with E-state index in [4.69, 9.17) is 4.74 Å². The van der Waals surface area contributed by atoms with Gasteiger partial charge in [-0.2, -0.15) is 0 Å². The van der Waals surface area contributed by atoms with Crippen LogP contribution in [-0.4, -0.2) is 49.2 Å². The Bertz CT molecular complexity index is 213. The molecule has 94 valence electrons. The lowest BCUT2D eigenvalue weighted by atomic mass is 10.1. The molecule has 0 bridgehead atoms. The Hall–Kier alpha value is -0.610. The summed E-state index contributed by atoms with van der Waals surface area (Å²) in [5, 5.41) is 3.37. The van der Waals surface area contributed by atoms with E-state index in [2.05, 4.69) is 17.1 Å². The van der Waals surface area contributed by atoms with Gasteiger partial charge in [0.2, 0.25) is 0 Å². The second kappa shape index (κ2) is 6.86. The van der Waals surface area contributed by atoms with E-state index in [0.29, 0.717) is 12.6 Å². The van der Waals surface area contributed by atoms with Crippen LogP contribution in [0.3, 0.4) is 0 Å². The topological polar surface area (TPSA) is 41.6 Å². The molecular weight excluding hydrogens is 204 g/mol. The van der Waals surface area contributed by atoms with Crippen molar-refractivity contribution in [3.63, 3.8) is 0 Å². The molecule has 0 radical (unpaired) electrons. The van der Waals surface area contributed by atoms with Crippen molar-refractivity contribution in [2.45, 2.75) is 45.8 Å². The van der Waals surface area contributed by atoms with E-state index in [9.17, 15) is 4.79 Å². The van der Waals surface area contributed by atoms with Gasteiger partial charge in [-0.15, -0.1) is 0 Å². The molecule has 4 nitrogen and oxygen atoms in total. The Morgan fingerprint density at radius 3 is 2.81 bits per heavy atom. The van der Waals surface area contributed by atoms with Crippen LogP contribution >= 0.6 is 0 Å². The number of piperidine rings is 1. The summed E-state index contributed by atoms with van der Waals surface area (Å²) in [7, 11) is 0. The number of rotatable bonds is 5. The van der Waals surface area contributed by atoms with Gasteiger partial charge in [-0.05, 0) is 39.8 Å². The molecule has 0 aromatic rings. The van der Waals surface area contributed by atoms with E-state index < -0.39 is 0 Å². The van der Waals surface area contributed by atoms with Crippen LogP contribution in [0.5, 0.6) is 0 Å². The Morgan fingerprint density at radius 1 is 1.56 bits per heavy atom. The molecule has 1 atom stereocenters. The zero-order valence-electron chi connectivity index (χ0n) is 10.7. The third kappa shape index (κ3) is 4.49. The van der Waals surface area contributed by atoms with Crippen LogP contribution in [0.1, 0.15) is 33.6 Å². The second-order valence-electron chi connectivity index (χ2n) is 4.60. The molecule has 1 heterocycles. The minimum Gasteiger partial charge on any atom is -0.462 e. The highest BCUT2D eigenvalue weighted by Gasteiger charge is 2.22. The first kappa shape index (κ1) is 13.5. The summed E-state index contributed by atoms with van der Waals surface area (Å²) in [5.41, 5.74) is 0. The summed E-state index contributed by atoms with van der Waals surface area (Å²) >= 11 is 0. The fraction of sp³-hybridized carbons (Fsp3) is 0.917. The largest absolute Gasteiger partial charge is 0.462 e. The number of carbonyl (C=O) groups is 1. The molecule has 1 unspecified atom stereocenters. The Labute approximate surface area is 98.3 Å². The van der Waals surface area contributed by atoms with Gasteiger partial charge in [-0.25, -0.2) is 0 Å². The fourth-order valence-corrected chi connectivity index (χ4v) is 2.11. The molecule has 0 spiro atoms. The quantitative estimate of drug-likeness (QED) is 0.713. The van der Waals surface area contributed by atoms with Crippen LogP contribution in [0.4, 0.5) is 0 Å². The molecule has 0 aromatic carbocycles. The molecule has 1 aliphatic rings. The van der Waals surface area contributed by atoms with Crippen molar-refractivity contribution in [3.05, 3.63) is 0 Å². The van der Waals surface area contributed by atoms with Gasteiger partial charge in [-0.3, -0.25) is 9.69 Å². The van der Waals surface area contributed by atoms with Gasteiger partial charge in [0.05, 0.1) is 12.6 Å². The number of nitrogens with one attached hydrogen (secondary N) is 1. The van der Waals surface area contributed by atoms with Gasteiger partial charge < -0.3 is 10.1 Å². The van der Waals surface area contributed by atoms with Gasteiger partial charge in [0.25, 0.3) is 0 Å². The number of likely N-dealkylation sites (N-methyl/N-ethyl adjacent to an activating group) is 1. The highest BCUT2D eigenvalue weighted by molar-refractivity contribution is 5.71. The van der Waals surface area contributed by atoms with Crippen LogP contribution in [0, 0.1) is 0 Å². The average molecular weight is 228 g/mol. The van der Waals surface area contributed by atoms with Crippen molar-refractivity contribution in [2.75, 3.05) is 26.2 Å². The summed E-state index contributed by atoms with van der Waals surface area (Å²) in [5.74, 6) is -0.109. The van der Waals surface area contributed by atoms with Crippen LogP contribution in [0.2, 0.25) is 0 Å². The van der Waals surface area contributed by atoms with Gasteiger partial charge in [0.15, 0.2) is 0 Å². The zero-order valence-corrected chi connectivity index (χ0v) is 10.7. The Balaban J connectivity index is 2.37. The Morgan fingerprint density at radius 2 is 2.31 bits per heavy atom. The minimum absolute atomic E-state index is 0.0179. The number of carbonyl (C=O) groups excluding carboxylic acids is 1. The van der Waals surface area contributed by atoms with E-state index in [1.807, 2.05) is 13.8 Å². The lowest BCUT2D eigenvalue weighted by Gasteiger charge is -2.33. The molecule has 0 aromatic heterocycles. The van der Waals surface area contributed by atoms with E-state index >= 15 is 0 Å². The number of ether oxygens (including phenoxy) is 1. The monoisotopic (exact) mass is 228 g/mol.